The maximum atomic E-state index is 14.0. The summed E-state index contributed by atoms with van der Waals surface area (Å²) in [6.45, 7) is 3.65. The van der Waals surface area contributed by atoms with Gasteiger partial charge in [0, 0.05) is 62.0 Å². The van der Waals surface area contributed by atoms with Gasteiger partial charge in [0.25, 0.3) is 0 Å². The van der Waals surface area contributed by atoms with Crippen molar-refractivity contribution in [1.82, 2.24) is 20.5 Å². The van der Waals surface area contributed by atoms with E-state index < -0.39 is 17.7 Å². The van der Waals surface area contributed by atoms with Crippen molar-refractivity contribution in [2.24, 2.45) is 0 Å². The van der Waals surface area contributed by atoms with Crippen LogP contribution in [0.2, 0.25) is 0 Å². The molecule has 13 nitrogen and oxygen atoms in total. The van der Waals surface area contributed by atoms with Crippen molar-refractivity contribution in [2.45, 2.75) is 56.9 Å². The molecule has 2 amide bonds. The molecule has 0 saturated carbocycles. The molecule has 338 valence electrons. The summed E-state index contributed by atoms with van der Waals surface area (Å²) in [5, 5.41) is 42.7. The Hall–Kier alpha value is -7.29. The molecule has 7 aromatic rings. The predicted octanol–water partition coefficient (Wildman–Crippen LogP) is 7.40. The number of hydrogen-bond donors (Lipinski definition) is 7. The van der Waals surface area contributed by atoms with Crippen molar-refractivity contribution in [2.75, 3.05) is 25.0 Å². The highest BCUT2D eigenvalue weighted by atomic mass is 16.6. The Labute approximate surface area is 382 Å². The van der Waals surface area contributed by atoms with Crippen LogP contribution in [0.25, 0.3) is 10.9 Å². The van der Waals surface area contributed by atoms with Crippen molar-refractivity contribution in [3.05, 3.63) is 207 Å². The summed E-state index contributed by atoms with van der Waals surface area (Å²) in [7, 11) is 0. The first-order valence-corrected chi connectivity index (χ1v) is 22.0. The number of rotatable bonds is 17. The van der Waals surface area contributed by atoms with Crippen molar-refractivity contribution >= 4 is 28.6 Å². The maximum Gasteiger partial charge on any atom is 0.347 e. The number of H-pyrrole nitrogens is 1. The summed E-state index contributed by atoms with van der Waals surface area (Å²) >= 11 is 0. The fourth-order valence-corrected chi connectivity index (χ4v) is 8.15. The van der Waals surface area contributed by atoms with Gasteiger partial charge in [-0.25, -0.2) is 9.59 Å². The van der Waals surface area contributed by atoms with Crippen LogP contribution >= 0.6 is 0 Å². The molecule has 2 heterocycles. The van der Waals surface area contributed by atoms with Gasteiger partial charge in [0.15, 0.2) is 0 Å². The Bertz CT molecular complexity index is 2780. The number of piperidine rings is 1. The highest BCUT2D eigenvalue weighted by Crippen LogP contribution is 2.35. The first kappa shape index (κ1) is 45.3. The molecule has 8 rings (SSSR count). The Morgan fingerprint density at radius 3 is 2.15 bits per heavy atom. The number of amides is 2. The predicted molar refractivity (Wildman–Crippen MR) is 253 cm³/mol. The van der Waals surface area contributed by atoms with Gasteiger partial charge in [-0.3, -0.25) is 9.69 Å². The minimum absolute atomic E-state index is 0.0641. The maximum absolute atomic E-state index is 14.0. The number of esters is 1. The molecule has 0 bridgehead atoms. The van der Waals surface area contributed by atoms with E-state index in [2.05, 4.69) is 38.0 Å². The standard InChI is InChI=1S/C53H53N5O8/c59-47-24-22-45(46-23-25-49(61)57-50(46)47)48(60)33-54-31-36-18-20-42(21-19-36)56-52(63)55-32-37-14-16-39(17-15-37)35-65-44-13-7-12-41(30-44)53(64,40-10-5-2-6-11-40)51(62)66-43-26-28-58(29-27-43)34-38-8-3-1-4-9-38/h1-25,30,43,48,54,59-60,64H,26-29,31-35H2,(H,57,61)(H2,55,56,63). The number of nitrogens with one attached hydrogen (secondary N) is 4. The van der Waals surface area contributed by atoms with Gasteiger partial charge < -0.3 is 45.7 Å². The van der Waals surface area contributed by atoms with E-state index in [0.29, 0.717) is 59.4 Å². The topological polar surface area (TPSA) is 185 Å². The Balaban J connectivity index is 0.790. The van der Waals surface area contributed by atoms with Gasteiger partial charge in [-0.15, -0.1) is 0 Å². The molecular formula is C53H53N5O8. The minimum atomic E-state index is -2.05. The normalized spacial score (nSPS) is 14.5. The number of carbonyl (C=O) groups is 2. The average Bonchev–Trinajstić information content (AvgIpc) is 3.35. The van der Waals surface area contributed by atoms with E-state index >= 15 is 0 Å². The van der Waals surface area contributed by atoms with Gasteiger partial charge in [0.05, 0.1) is 11.6 Å². The lowest BCUT2D eigenvalue weighted by molar-refractivity contribution is -0.170. The molecule has 1 saturated heterocycles. The number of urea groups is 1. The number of aromatic amines is 1. The van der Waals surface area contributed by atoms with E-state index in [4.69, 9.17) is 9.47 Å². The van der Waals surface area contributed by atoms with Crippen LogP contribution in [0.5, 0.6) is 11.5 Å². The van der Waals surface area contributed by atoms with Crippen LogP contribution in [0.3, 0.4) is 0 Å². The molecule has 1 aliphatic rings. The van der Waals surface area contributed by atoms with Crippen LogP contribution in [0.15, 0.2) is 163 Å². The largest absolute Gasteiger partial charge is 0.506 e. The second kappa shape index (κ2) is 21.1. The van der Waals surface area contributed by atoms with Crippen molar-refractivity contribution in [3.63, 3.8) is 0 Å². The lowest BCUT2D eigenvalue weighted by Gasteiger charge is -2.34. The van der Waals surface area contributed by atoms with Crippen molar-refractivity contribution < 1.29 is 34.4 Å². The molecule has 13 heteroatoms. The number of ether oxygens (including phenoxy) is 2. The molecule has 7 N–H and O–H groups in total. The summed E-state index contributed by atoms with van der Waals surface area (Å²) < 4.78 is 12.2. The Morgan fingerprint density at radius 2 is 1.41 bits per heavy atom. The van der Waals surface area contributed by atoms with Crippen LogP contribution in [-0.2, 0) is 41.4 Å². The number of phenols is 1. The monoisotopic (exact) mass is 887 g/mol. The number of benzene rings is 6. The molecule has 2 unspecified atom stereocenters. The van der Waals surface area contributed by atoms with E-state index in [1.165, 1.54) is 17.7 Å². The first-order valence-electron chi connectivity index (χ1n) is 22.0. The molecule has 1 aliphatic heterocycles. The number of aromatic hydroxyl groups is 1. The van der Waals surface area contributed by atoms with Crippen LogP contribution in [-0.4, -0.2) is 62.9 Å². The number of aliphatic hydroxyl groups excluding tert-OH is 1. The molecule has 2 atom stereocenters. The van der Waals surface area contributed by atoms with Crippen molar-refractivity contribution in [1.29, 1.82) is 0 Å². The van der Waals surface area contributed by atoms with Crippen LogP contribution in [0, 0.1) is 0 Å². The molecule has 1 fully saturated rings. The fourth-order valence-electron chi connectivity index (χ4n) is 8.15. The lowest BCUT2D eigenvalue weighted by Crippen LogP contribution is -2.43. The van der Waals surface area contributed by atoms with E-state index in [0.717, 1.165) is 36.3 Å². The van der Waals surface area contributed by atoms with Crippen LogP contribution in [0.1, 0.15) is 57.9 Å². The fraction of sp³-hybridized carbons (Fsp3) is 0.226. The molecule has 1 aromatic heterocycles. The van der Waals surface area contributed by atoms with Gasteiger partial charge in [0.1, 0.15) is 24.2 Å². The number of fused-ring (bicyclic) bond motifs is 1. The lowest BCUT2D eigenvalue weighted by atomic mass is 9.86. The molecule has 66 heavy (non-hydrogen) atoms. The smallest absolute Gasteiger partial charge is 0.347 e. The highest BCUT2D eigenvalue weighted by Gasteiger charge is 2.43. The summed E-state index contributed by atoms with van der Waals surface area (Å²) in [5.41, 5.74) is 3.82. The van der Waals surface area contributed by atoms with E-state index in [1.807, 2.05) is 60.7 Å². The number of anilines is 1. The van der Waals surface area contributed by atoms with Gasteiger partial charge in [-0.1, -0.05) is 115 Å². The molecule has 6 aromatic carbocycles. The number of aromatic nitrogens is 1. The highest BCUT2D eigenvalue weighted by molar-refractivity contribution is 5.89. The third kappa shape index (κ3) is 11.3. The Morgan fingerprint density at radius 1 is 0.742 bits per heavy atom. The molecular weight excluding hydrogens is 835 g/mol. The van der Waals surface area contributed by atoms with Crippen LogP contribution < -0.4 is 26.2 Å². The van der Waals surface area contributed by atoms with Gasteiger partial charge >= 0.3 is 12.0 Å². The summed E-state index contributed by atoms with van der Waals surface area (Å²) in [4.78, 5) is 43.4. The number of carbonyl (C=O) groups excluding carboxylic acids is 2. The summed E-state index contributed by atoms with van der Waals surface area (Å²) in [6.07, 6.45) is 0.158. The SMILES string of the molecule is O=C(NCc1ccc(COc2cccc(C(O)(C(=O)OC3CCN(Cc4ccccc4)CC3)c3ccccc3)c2)cc1)Nc1ccc(CNCC(O)c2ccc(O)c3[nH]c(=O)ccc23)cc1. The number of aliphatic hydroxyl groups is 2. The molecule has 0 spiro atoms. The van der Waals surface area contributed by atoms with Gasteiger partial charge in [0.2, 0.25) is 11.2 Å². The number of phenolic OH excluding ortho intramolecular Hbond substituents is 1. The second-order valence-electron chi connectivity index (χ2n) is 16.5. The number of hydrogen-bond acceptors (Lipinski definition) is 10. The zero-order valence-electron chi connectivity index (χ0n) is 36.4. The third-order valence-electron chi connectivity index (χ3n) is 11.8. The van der Waals surface area contributed by atoms with E-state index in [1.54, 1.807) is 72.8 Å². The number of nitrogens with zero attached hydrogens (tertiary/aromatic N) is 1. The average molecular weight is 888 g/mol. The first-order chi connectivity index (χ1) is 32.1. The van der Waals surface area contributed by atoms with Crippen LogP contribution in [0.4, 0.5) is 10.5 Å². The van der Waals surface area contributed by atoms with Gasteiger partial charge in [-0.2, -0.15) is 0 Å². The Kier molecular flexibility index (Phi) is 14.5. The molecule has 0 aliphatic carbocycles. The number of pyridine rings is 1. The quantitative estimate of drug-likeness (QED) is 0.0455. The minimum Gasteiger partial charge on any atom is -0.506 e. The van der Waals surface area contributed by atoms with E-state index in [9.17, 15) is 29.7 Å². The second-order valence-corrected chi connectivity index (χ2v) is 16.5. The van der Waals surface area contributed by atoms with E-state index in [-0.39, 0.29) is 42.1 Å². The third-order valence-corrected chi connectivity index (χ3v) is 11.8. The number of likely N-dealkylation sites (tertiary alicyclic amines) is 1. The molecule has 0 radical (unpaired) electrons. The zero-order valence-corrected chi connectivity index (χ0v) is 36.4. The van der Waals surface area contributed by atoms with Crippen molar-refractivity contribution in [3.8, 4) is 11.5 Å². The summed E-state index contributed by atoms with van der Waals surface area (Å²) in [5.74, 6) is -0.301. The zero-order chi connectivity index (χ0) is 45.9. The summed E-state index contributed by atoms with van der Waals surface area (Å²) in [6, 6.07) is 46.8. The van der Waals surface area contributed by atoms with Gasteiger partial charge in [-0.05, 0) is 82.6 Å².